The highest BCUT2D eigenvalue weighted by molar-refractivity contribution is 7.00. The maximum Gasteiger partial charge on any atom is 0.252 e. The molecule has 1 aromatic heterocycles. The van der Waals surface area contributed by atoms with Crippen LogP contribution >= 0.6 is 0 Å². The molecule has 0 fully saturated rings. The van der Waals surface area contributed by atoms with Crippen molar-refractivity contribution >= 4 is 111 Å². The Labute approximate surface area is 443 Å². The summed E-state index contributed by atoms with van der Waals surface area (Å²) in [5.41, 5.74) is 17.5. The minimum absolute atomic E-state index is 0.110. The molecule has 3 heterocycles. The van der Waals surface area contributed by atoms with Crippen molar-refractivity contribution in [2.75, 3.05) is 9.80 Å². The van der Waals surface area contributed by atoms with Crippen molar-refractivity contribution in [2.24, 2.45) is 0 Å². The smallest absolute Gasteiger partial charge is 0.252 e. The first-order valence-electron chi connectivity index (χ1n) is 26.9. The topological polar surface area (TPSA) is 32.3 Å². The van der Waals surface area contributed by atoms with Gasteiger partial charge in [0.2, 0.25) is 0 Å². The van der Waals surface area contributed by atoms with Gasteiger partial charge in [-0.2, -0.15) is 0 Å². The molecule has 0 bridgehead atoms. The molecule has 11 aromatic rings. The highest BCUT2D eigenvalue weighted by Crippen LogP contribution is 2.50. The van der Waals surface area contributed by atoms with Crippen molar-refractivity contribution in [3.63, 3.8) is 0 Å². The Morgan fingerprint density at radius 2 is 0.760 bits per heavy atom. The first kappa shape index (κ1) is 47.0. The third kappa shape index (κ3) is 7.72. The van der Waals surface area contributed by atoms with Gasteiger partial charge in [0.15, 0.2) is 5.82 Å². The van der Waals surface area contributed by atoms with Gasteiger partial charge in [0.05, 0.1) is 5.52 Å². The Bertz CT molecular complexity index is 3900. The third-order valence-corrected chi connectivity index (χ3v) is 16.4. The van der Waals surface area contributed by atoms with Gasteiger partial charge in [-0.15, -0.1) is 0 Å². The molecular weight excluding hydrogens is 908 g/mol. The second-order valence-corrected chi connectivity index (χ2v) is 25.7. The van der Waals surface area contributed by atoms with Crippen LogP contribution in [-0.2, 0) is 21.7 Å². The number of rotatable bonds is 3. The summed E-state index contributed by atoms with van der Waals surface area (Å²) in [4.78, 5) is 15.8. The Morgan fingerprint density at radius 3 is 1.20 bits per heavy atom. The fourth-order valence-corrected chi connectivity index (χ4v) is 12.0. The summed E-state index contributed by atoms with van der Waals surface area (Å²) in [5, 5.41) is 11.0. The van der Waals surface area contributed by atoms with E-state index in [1.807, 2.05) is 6.20 Å². The fourth-order valence-electron chi connectivity index (χ4n) is 12.0. The zero-order valence-corrected chi connectivity index (χ0v) is 45.6. The number of para-hydroxylation sites is 1. The number of fused-ring (bicyclic) bond motifs is 11. The number of benzene rings is 10. The number of hydrogen-bond acceptors (Lipinski definition) is 4. The first-order chi connectivity index (χ1) is 35.7. The average Bonchev–Trinajstić information content (AvgIpc) is 3.39. The van der Waals surface area contributed by atoms with Crippen LogP contribution in [0.15, 0.2) is 176 Å². The van der Waals surface area contributed by atoms with E-state index in [1.165, 1.54) is 93.1 Å². The Kier molecular flexibility index (Phi) is 10.3. The van der Waals surface area contributed by atoms with E-state index >= 15 is 0 Å². The molecule has 2 aliphatic heterocycles. The van der Waals surface area contributed by atoms with Crippen LogP contribution in [0, 0.1) is 0 Å². The highest BCUT2D eigenvalue weighted by Gasteiger charge is 2.45. The predicted molar refractivity (Wildman–Crippen MR) is 324 cm³/mol. The lowest BCUT2D eigenvalue weighted by Crippen LogP contribution is -2.61. The van der Waals surface area contributed by atoms with E-state index < -0.39 is 0 Å². The van der Waals surface area contributed by atoms with E-state index in [0.29, 0.717) is 5.82 Å². The van der Waals surface area contributed by atoms with Crippen molar-refractivity contribution in [2.45, 2.75) is 105 Å². The molecule has 10 aromatic carbocycles. The SMILES string of the molecule is CC(C)(C)c1cc(N2c3cc4c(ccc5ccccc54)cc3B3c4cc5ccc6ccccc6c5cc4N(c4cc(C(C)(C)C)cc(C(C)(C)C)c4)c4cc(-c5ncc6ccccc6n5)cc2c43)cc(C(C)(C)C)c1. The lowest BCUT2D eigenvalue weighted by Gasteiger charge is -2.45. The molecule has 368 valence electrons. The van der Waals surface area contributed by atoms with E-state index in [9.17, 15) is 0 Å². The second-order valence-electron chi connectivity index (χ2n) is 25.7. The summed E-state index contributed by atoms with van der Waals surface area (Å²) in [6.07, 6.45) is 1.99. The van der Waals surface area contributed by atoms with Gasteiger partial charge in [0.25, 0.3) is 6.71 Å². The van der Waals surface area contributed by atoms with Gasteiger partial charge in [0, 0.05) is 51.3 Å². The van der Waals surface area contributed by atoms with Crippen molar-refractivity contribution in [1.82, 2.24) is 9.97 Å². The number of hydrogen-bond donors (Lipinski definition) is 0. The summed E-state index contributed by atoms with van der Waals surface area (Å²) in [7, 11) is 0. The van der Waals surface area contributed by atoms with Crippen molar-refractivity contribution in [3.05, 3.63) is 198 Å². The molecule has 0 saturated carbocycles. The molecule has 4 nitrogen and oxygen atoms in total. The normalized spacial score (nSPS) is 13.8. The maximum absolute atomic E-state index is 5.38. The molecule has 2 aliphatic rings. The molecule has 13 rings (SSSR count). The van der Waals surface area contributed by atoms with E-state index in [-0.39, 0.29) is 28.4 Å². The van der Waals surface area contributed by atoms with Crippen molar-refractivity contribution in [1.29, 1.82) is 0 Å². The first-order valence-corrected chi connectivity index (χ1v) is 26.9. The van der Waals surface area contributed by atoms with E-state index in [1.54, 1.807) is 0 Å². The van der Waals surface area contributed by atoms with E-state index in [0.717, 1.165) is 39.2 Å². The molecule has 0 amide bonds. The lowest BCUT2D eigenvalue weighted by atomic mass is 9.33. The Morgan fingerprint density at radius 1 is 0.360 bits per heavy atom. The van der Waals surface area contributed by atoms with Crippen LogP contribution in [-0.4, -0.2) is 16.7 Å². The van der Waals surface area contributed by atoms with Crippen LogP contribution in [0.5, 0.6) is 0 Å². The Hall–Kier alpha value is -7.76. The van der Waals surface area contributed by atoms with Crippen LogP contribution in [0.25, 0.3) is 65.4 Å². The molecule has 0 spiro atoms. The second kappa shape index (κ2) is 16.4. The van der Waals surface area contributed by atoms with Crippen LogP contribution < -0.4 is 26.2 Å². The van der Waals surface area contributed by atoms with Gasteiger partial charge in [0.1, 0.15) is 0 Å². The maximum atomic E-state index is 5.38. The summed E-state index contributed by atoms with van der Waals surface area (Å²) in [6, 6.07) is 65.0. The van der Waals surface area contributed by atoms with Crippen LogP contribution in [0.4, 0.5) is 34.1 Å². The lowest BCUT2D eigenvalue weighted by molar-refractivity contribution is 0.568. The van der Waals surface area contributed by atoms with Crippen molar-refractivity contribution in [3.8, 4) is 11.4 Å². The van der Waals surface area contributed by atoms with Gasteiger partial charge in [-0.05, 0) is 158 Å². The molecule has 0 atom stereocenters. The molecule has 75 heavy (non-hydrogen) atoms. The Balaban J connectivity index is 1.23. The quantitative estimate of drug-likeness (QED) is 0.130. The van der Waals surface area contributed by atoms with Crippen LogP contribution in [0.2, 0.25) is 0 Å². The molecule has 0 N–H and O–H groups in total. The average molecular weight is 973 g/mol. The molecule has 0 saturated heterocycles. The zero-order chi connectivity index (χ0) is 52.1. The predicted octanol–water partition coefficient (Wildman–Crippen LogP) is 17.2. The largest absolute Gasteiger partial charge is 0.311 e. The highest BCUT2D eigenvalue weighted by atomic mass is 15.2. The number of anilines is 6. The zero-order valence-electron chi connectivity index (χ0n) is 45.6. The summed E-state index contributed by atoms with van der Waals surface area (Å²) in [6.45, 7) is 28.0. The molecule has 0 unspecified atom stereocenters. The van der Waals surface area contributed by atoms with Crippen molar-refractivity contribution < 1.29 is 0 Å². The van der Waals surface area contributed by atoms with E-state index in [4.69, 9.17) is 9.97 Å². The number of nitrogens with zero attached hydrogens (tertiary/aromatic N) is 4. The summed E-state index contributed by atoms with van der Waals surface area (Å²) < 4.78 is 0. The molecule has 0 radical (unpaired) electrons. The van der Waals surface area contributed by atoms with Gasteiger partial charge in [-0.25, -0.2) is 9.97 Å². The van der Waals surface area contributed by atoms with Gasteiger partial charge in [-0.1, -0.05) is 198 Å². The molecular formula is C70H65BN4. The summed E-state index contributed by atoms with van der Waals surface area (Å²) in [5.74, 6) is 0.701. The van der Waals surface area contributed by atoms with Gasteiger partial charge >= 0.3 is 0 Å². The minimum atomic E-state index is -0.119. The van der Waals surface area contributed by atoms with E-state index in [2.05, 4.69) is 263 Å². The third-order valence-electron chi connectivity index (χ3n) is 16.4. The molecule has 0 aliphatic carbocycles. The summed E-state index contributed by atoms with van der Waals surface area (Å²) >= 11 is 0. The monoisotopic (exact) mass is 973 g/mol. The molecule has 5 heteroatoms. The fraction of sp³-hybridized carbons (Fsp3) is 0.229. The van der Waals surface area contributed by atoms with Crippen LogP contribution in [0.3, 0.4) is 0 Å². The standard InChI is InChI=1S/C70H65BN4/c1-67(2,3)48-33-49(68(4,5)6)36-52(35-48)74-61-39-56-44(27-25-42-19-13-16-22-54(42)56)29-58(61)71-59-30-45-28-26-43-20-14-17-23-55(43)57(45)40-62(59)75(53-37-50(69(7,8)9)34-51(38-53)70(10,11)12)64-32-47(31-63(74)65(64)71)66-72-41-46-21-15-18-24-60(46)73-66/h13-41H,1-12H3. The van der Waals surface area contributed by atoms with Gasteiger partial charge < -0.3 is 9.80 Å². The van der Waals surface area contributed by atoms with Crippen LogP contribution in [0.1, 0.15) is 105 Å². The number of aromatic nitrogens is 2. The minimum Gasteiger partial charge on any atom is -0.311 e. The van der Waals surface area contributed by atoms with Gasteiger partial charge in [-0.3, -0.25) is 0 Å².